The molecule has 0 atom stereocenters. The first-order valence-electron chi connectivity index (χ1n) is 11.2. The molecular weight excluding hydrogens is 491 g/mol. The Morgan fingerprint density at radius 1 is 1.14 bits per heavy atom. The monoisotopic (exact) mass is 513 g/mol. The second-order valence-electron chi connectivity index (χ2n) is 8.16. The smallest absolute Gasteiger partial charge is 0.475 e. The molecule has 1 aliphatic rings. The van der Waals surface area contributed by atoms with Gasteiger partial charge in [-0.15, -0.1) is 0 Å². The van der Waals surface area contributed by atoms with Gasteiger partial charge in [-0.05, 0) is 48.2 Å². The van der Waals surface area contributed by atoms with Crippen molar-refractivity contribution >= 4 is 28.7 Å². The van der Waals surface area contributed by atoms with Gasteiger partial charge in [0.2, 0.25) is 0 Å². The van der Waals surface area contributed by atoms with Crippen LogP contribution in [0.1, 0.15) is 31.8 Å². The minimum Gasteiger partial charge on any atom is -0.475 e. The van der Waals surface area contributed by atoms with E-state index < -0.39 is 12.1 Å². The zero-order valence-corrected chi connectivity index (χ0v) is 19.3. The van der Waals surface area contributed by atoms with E-state index in [-0.39, 0.29) is 11.8 Å². The molecule has 3 heterocycles. The first kappa shape index (κ1) is 25.5. The number of H-pyrrole nitrogens is 2. The van der Waals surface area contributed by atoms with Gasteiger partial charge in [-0.2, -0.15) is 13.2 Å². The fraction of sp³-hybridized carbons (Fsp3) is 0.200. The number of nitrogens with one attached hydrogen (secondary N) is 4. The zero-order valence-electron chi connectivity index (χ0n) is 19.3. The fourth-order valence-electron chi connectivity index (χ4n) is 4.08. The van der Waals surface area contributed by atoms with Crippen LogP contribution in [0.4, 0.5) is 13.2 Å². The number of benzene rings is 2. The summed E-state index contributed by atoms with van der Waals surface area (Å²) in [6.45, 7) is 1.16. The Labute approximate surface area is 208 Å². The zero-order chi connectivity index (χ0) is 26.6. The third kappa shape index (κ3) is 5.80. The summed E-state index contributed by atoms with van der Waals surface area (Å²) in [5, 5.41) is 14.1. The van der Waals surface area contributed by atoms with Gasteiger partial charge in [-0.3, -0.25) is 9.59 Å². The third-order valence-corrected chi connectivity index (χ3v) is 5.76. The first-order valence-corrected chi connectivity index (χ1v) is 11.2. The van der Waals surface area contributed by atoms with E-state index in [9.17, 15) is 22.8 Å². The van der Waals surface area contributed by atoms with Crippen molar-refractivity contribution in [2.45, 2.75) is 19.0 Å². The van der Waals surface area contributed by atoms with Gasteiger partial charge in [0.1, 0.15) is 5.82 Å². The number of carboxylic acids is 1. The number of carboxylic acid groups (broad SMARTS) is 1. The van der Waals surface area contributed by atoms with E-state index in [1.165, 1.54) is 0 Å². The number of aliphatic carboxylic acids is 1. The summed E-state index contributed by atoms with van der Waals surface area (Å²) < 4.78 is 31.7. The van der Waals surface area contributed by atoms with Gasteiger partial charge in [0.25, 0.3) is 11.8 Å². The van der Waals surface area contributed by atoms with Crippen molar-refractivity contribution in [1.29, 1.82) is 0 Å². The van der Waals surface area contributed by atoms with Crippen molar-refractivity contribution in [2.24, 2.45) is 0 Å². The van der Waals surface area contributed by atoms with Crippen molar-refractivity contribution in [3.05, 3.63) is 77.2 Å². The van der Waals surface area contributed by atoms with Crippen molar-refractivity contribution in [3.63, 3.8) is 0 Å². The van der Waals surface area contributed by atoms with Gasteiger partial charge >= 0.3 is 12.1 Å². The Bertz CT molecular complexity index is 1440. The number of aromatic amines is 2. The highest BCUT2D eigenvalue weighted by Crippen LogP contribution is 2.28. The summed E-state index contributed by atoms with van der Waals surface area (Å²) in [7, 11) is 0. The second kappa shape index (κ2) is 10.6. The highest BCUT2D eigenvalue weighted by atomic mass is 19.4. The van der Waals surface area contributed by atoms with E-state index >= 15 is 0 Å². The summed E-state index contributed by atoms with van der Waals surface area (Å²) in [6.07, 6.45) is 1.83. The Kier molecular flexibility index (Phi) is 7.27. The molecule has 0 aliphatic carbocycles. The summed E-state index contributed by atoms with van der Waals surface area (Å²) in [5.74, 6) is -2.16. The number of carbonyl (C=O) groups is 3. The lowest BCUT2D eigenvalue weighted by Gasteiger charge is -2.18. The molecule has 0 unspecified atom stereocenters. The van der Waals surface area contributed by atoms with Gasteiger partial charge < -0.3 is 25.7 Å². The average molecular weight is 513 g/mol. The molecule has 9 nitrogen and oxygen atoms in total. The van der Waals surface area contributed by atoms with Gasteiger partial charge in [0.15, 0.2) is 0 Å². The van der Waals surface area contributed by atoms with Gasteiger partial charge in [-0.1, -0.05) is 12.1 Å². The molecule has 2 aromatic carbocycles. The average Bonchev–Trinajstić information content (AvgIpc) is 3.55. The molecule has 4 aromatic rings. The van der Waals surface area contributed by atoms with Crippen LogP contribution in [0, 0.1) is 0 Å². The summed E-state index contributed by atoms with van der Waals surface area (Å²) in [4.78, 5) is 44.3. The maximum Gasteiger partial charge on any atom is 0.490 e. The number of hydrogen-bond donors (Lipinski definition) is 5. The van der Waals surface area contributed by atoms with Crippen molar-refractivity contribution in [1.82, 2.24) is 25.6 Å². The van der Waals surface area contributed by atoms with E-state index in [1.807, 2.05) is 36.5 Å². The van der Waals surface area contributed by atoms with E-state index in [4.69, 9.17) is 9.90 Å². The molecular formula is C25H22F3N5O4. The molecule has 5 N–H and O–H groups in total. The molecule has 12 heteroatoms. The number of rotatable bonds is 5. The molecule has 2 aromatic heterocycles. The number of alkyl halides is 3. The number of carbonyl (C=O) groups excluding carboxylic acids is 2. The molecule has 0 bridgehead atoms. The summed E-state index contributed by atoms with van der Waals surface area (Å²) in [6, 6.07) is 11.2. The number of amides is 2. The maximum absolute atomic E-state index is 12.6. The van der Waals surface area contributed by atoms with Crippen molar-refractivity contribution in [2.75, 3.05) is 13.1 Å². The van der Waals surface area contributed by atoms with Crippen LogP contribution >= 0.6 is 0 Å². The van der Waals surface area contributed by atoms with Crippen LogP contribution in [0.5, 0.6) is 0 Å². The third-order valence-electron chi connectivity index (χ3n) is 5.76. The van der Waals surface area contributed by atoms with E-state index in [0.717, 1.165) is 45.4 Å². The van der Waals surface area contributed by atoms with Gasteiger partial charge in [0, 0.05) is 59.3 Å². The molecule has 0 fully saturated rings. The quantitative estimate of drug-likeness (QED) is 0.278. The van der Waals surface area contributed by atoms with Crippen LogP contribution in [0.25, 0.3) is 22.3 Å². The topological polar surface area (TPSA) is 140 Å². The number of hydrogen-bond acceptors (Lipinski definition) is 4. The van der Waals surface area contributed by atoms with Crippen LogP contribution in [0.2, 0.25) is 0 Å². The van der Waals surface area contributed by atoms with E-state index in [2.05, 4.69) is 25.6 Å². The number of fused-ring (bicyclic) bond motifs is 3. The van der Waals surface area contributed by atoms with E-state index in [0.29, 0.717) is 25.1 Å². The highest BCUT2D eigenvalue weighted by molar-refractivity contribution is 6.03. The molecule has 0 saturated heterocycles. The Hall–Kier alpha value is -4.61. The minimum absolute atomic E-state index is 0.0185. The Morgan fingerprint density at radius 2 is 1.92 bits per heavy atom. The van der Waals surface area contributed by atoms with Crippen molar-refractivity contribution < 1.29 is 32.7 Å². The predicted octanol–water partition coefficient (Wildman–Crippen LogP) is 3.45. The van der Waals surface area contributed by atoms with Crippen molar-refractivity contribution in [3.8, 4) is 11.4 Å². The van der Waals surface area contributed by atoms with Gasteiger partial charge in [-0.25, -0.2) is 9.78 Å². The van der Waals surface area contributed by atoms with E-state index in [1.54, 1.807) is 18.5 Å². The minimum atomic E-state index is -5.08. The molecule has 0 spiro atoms. The van der Waals surface area contributed by atoms with Crippen LogP contribution in [-0.4, -0.2) is 57.1 Å². The number of imidazole rings is 1. The Morgan fingerprint density at radius 3 is 2.62 bits per heavy atom. The van der Waals surface area contributed by atoms with Crippen LogP contribution in [-0.2, 0) is 17.6 Å². The second-order valence-corrected chi connectivity index (χ2v) is 8.16. The molecule has 1 aliphatic heterocycles. The number of halogens is 3. The molecule has 2 amide bonds. The molecule has 0 saturated carbocycles. The van der Waals surface area contributed by atoms with Crippen LogP contribution < -0.4 is 10.6 Å². The highest BCUT2D eigenvalue weighted by Gasteiger charge is 2.38. The SMILES string of the molecule is O=C(NCCc1c[nH]c2ccc3c(c12)CCNC3=O)c1cccc(-c2ncc[nH]2)c1.O=C(O)C(F)(F)F. The summed E-state index contributed by atoms with van der Waals surface area (Å²) in [5.41, 5.74) is 5.43. The number of nitrogens with zero attached hydrogens (tertiary/aromatic N) is 1. The standard InChI is InChI=1S/C23H21N5O2.C2HF3O2/c29-22(15-3-1-2-14(12-15)21-24-10-11-25-21)26-8-6-16-13-28-19-5-4-18-17(20(16)19)7-9-27-23(18)30;3-2(4,5)1(6)7/h1-5,10-13,28H,6-9H2,(H,24,25)(H,26,29)(H,27,30);(H,6,7). The maximum atomic E-state index is 12.6. The molecule has 37 heavy (non-hydrogen) atoms. The normalized spacial score (nSPS) is 12.8. The molecule has 5 rings (SSSR count). The predicted molar refractivity (Wildman–Crippen MR) is 128 cm³/mol. The Balaban J connectivity index is 0.000000405. The van der Waals surface area contributed by atoms with Crippen LogP contribution in [0.15, 0.2) is 55.0 Å². The first-order chi connectivity index (χ1) is 17.6. The molecule has 192 valence electrons. The summed E-state index contributed by atoms with van der Waals surface area (Å²) >= 11 is 0. The molecule has 0 radical (unpaired) electrons. The fourth-order valence-corrected chi connectivity index (χ4v) is 4.08. The lowest BCUT2D eigenvalue weighted by atomic mass is 9.94. The lowest BCUT2D eigenvalue weighted by Crippen LogP contribution is -2.32. The largest absolute Gasteiger partial charge is 0.490 e. The van der Waals surface area contributed by atoms with Gasteiger partial charge in [0.05, 0.1) is 0 Å². The van der Waals surface area contributed by atoms with Crippen LogP contribution in [0.3, 0.4) is 0 Å². The lowest BCUT2D eigenvalue weighted by molar-refractivity contribution is -0.192. The number of aromatic nitrogens is 3.